The molecule has 2 N–H and O–H groups in total. The highest BCUT2D eigenvalue weighted by Gasteiger charge is 2.14. The summed E-state index contributed by atoms with van der Waals surface area (Å²) in [6.07, 6.45) is 2.67. The average Bonchev–Trinajstić information content (AvgIpc) is 2.46. The lowest BCUT2D eigenvalue weighted by Crippen LogP contribution is -2.28. The van der Waals surface area contributed by atoms with E-state index in [0.29, 0.717) is 18.8 Å². The summed E-state index contributed by atoms with van der Waals surface area (Å²) in [4.78, 5) is 26.0. The molecule has 1 aromatic rings. The van der Waals surface area contributed by atoms with E-state index in [1.165, 1.54) is 18.5 Å². The van der Waals surface area contributed by atoms with Crippen molar-refractivity contribution in [3.63, 3.8) is 0 Å². The van der Waals surface area contributed by atoms with E-state index in [2.05, 4.69) is 10.3 Å². The van der Waals surface area contributed by atoms with Crippen molar-refractivity contribution < 1.29 is 24.2 Å². The van der Waals surface area contributed by atoms with Gasteiger partial charge in [-0.15, -0.1) is 0 Å². The molecule has 7 heteroatoms. The van der Waals surface area contributed by atoms with Gasteiger partial charge in [0.25, 0.3) is 5.91 Å². The first-order valence-corrected chi connectivity index (χ1v) is 5.58. The molecular weight excluding hydrogens is 252 g/mol. The molecule has 2 heterocycles. The standard InChI is InChI=1S/C12H12N2O5/c15-11(10-7-18-3-4-19-10)14-6-8-1-2-9(12(16)17)13-5-8/h1-2,5,7H,3-4,6H2,(H,14,15)(H,16,17). The SMILES string of the molecule is O=C(NCc1ccc(C(=O)O)nc1)C1=COCCO1. The number of carboxylic acid groups (broad SMARTS) is 1. The third-order valence-electron chi connectivity index (χ3n) is 2.37. The van der Waals surface area contributed by atoms with Gasteiger partial charge in [-0.25, -0.2) is 9.78 Å². The fraction of sp³-hybridized carbons (Fsp3) is 0.250. The van der Waals surface area contributed by atoms with Crippen LogP contribution in [-0.4, -0.2) is 35.2 Å². The second-order valence-electron chi connectivity index (χ2n) is 3.74. The molecule has 0 radical (unpaired) electrons. The summed E-state index contributed by atoms with van der Waals surface area (Å²) in [5.74, 6) is -1.35. The predicted molar refractivity (Wildman–Crippen MR) is 63.0 cm³/mol. The first-order chi connectivity index (χ1) is 9.16. The fourth-order valence-corrected chi connectivity index (χ4v) is 1.41. The number of amides is 1. The number of aromatic nitrogens is 1. The van der Waals surface area contributed by atoms with Gasteiger partial charge in [-0.2, -0.15) is 0 Å². The number of rotatable bonds is 4. The fourth-order valence-electron chi connectivity index (χ4n) is 1.41. The van der Waals surface area contributed by atoms with Crippen molar-refractivity contribution in [1.82, 2.24) is 10.3 Å². The quantitative estimate of drug-likeness (QED) is 0.810. The molecule has 19 heavy (non-hydrogen) atoms. The first-order valence-electron chi connectivity index (χ1n) is 5.58. The molecule has 0 atom stereocenters. The Kier molecular flexibility index (Phi) is 3.97. The lowest BCUT2D eigenvalue weighted by molar-refractivity contribution is -0.122. The van der Waals surface area contributed by atoms with Crippen LogP contribution in [0.2, 0.25) is 0 Å². The second kappa shape index (κ2) is 5.85. The minimum absolute atomic E-state index is 0.0400. The van der Waals surface area contributed by atoms with Crippen LogP contribution in [0.15, 0.2) is 30.4 Å². The Labute approximate surface area is 108 Å². The highest BCUT2D eigenvalue weighted by molar-refractivity contribution is 5.91. The molecule has 2 rings (SSSR count). The molecule has 1 aliphatic rings. The van der Waals surface area contributed by atoms with Crippen LogP contribution in [0, 0.1) is 0 Å². The van der Waals surface area contributed by atoms with Crippen LogP contribution < -0.4 is 5.32 Å². The predicted octanol–water partition coefficient (Wildman–Crippen LogP) is 0.284. The largest absolute Gasteiger partial charge is 0.494 e. The smallest absolute Gasteiger partial charge is 0.354 e. The zero-order valence-corrected chi connectivity index (χ0v) is 9.96. The summed E-state index contributed by atoms with van der Waals surface area (Å²) in [6.45, 7) is 0.998. The van der Waals surface area contributed by atoms with Crippen LogP contribution in [0.3, 0.4) is 0 Å². The van der Waals surface area contributed by atoms with Crippen molar-refractivity contribution in [3.05, 3.63) is 41.6 Å². The molecule has 0 fully saturated rings. The van der Waals surface area contributed by atoms with Crippen molar-refractivity contribution in [3.8, 4) is 0 Å². The van der Waals surface area contributed by atoms with Gasteiger partial charge in [-0.1, -0.05) is 6.07 Å². The number of carbonyl (C=O) groups is 2. The molecular formula is C12H12N2O5. The van der Waals surface area contributed by atoms with Crippen LogP contribution in [0.1, 0.15) is 16.1 Å². The van der Waals surface area contributed by atoms with Crippen LogP contribution in [0.5, 0.6) is 0 Å². The third-order valence-corrected chi connectivity index (χ3v) is 2.37. The lowest BCUT2D eigenvalue weighted by Gasteiger charge is -2.14. The molecule has 0 bridgehead atoms. The van der Waals surface area contributed by atoms with E-state index in [9.17, 15) is 9.59 Å². The number of carbonyl (C=O) groups excluding carboxylic acids is 1. The number of ether oxygens (including phenoxy) is 2. The van der Waals surface area contributed by atoms with Crippen LogP contribution in [-0.2, 0) is 20.8 Å². The van der Waals surface area contributed by atoms with E-state index >= 15 is 0 Å². The maximum absolute atomic E-state index is 11.6. The van der Waals surface area contributed by atoms with E-state index in [4.69, 9.17) is 14.6 Å². The Morgan fingerprint density at radius 3 is 2.79 bits per heavy atom. The van der Waals surface area contributed by atoms with Crippen LogP contribution in [0.25, 0.3) is 0 Å². The summed E-state index contributed by atoms with van der Waals surface area (Å²) in [5.41, 5.74) is 0.650. The van der Waals surface area contributed by atoms with Gasteiger partial charge in [0.15, 0.2) is 0 Å². The van der Waals surface area contributed by atoms with Gasteiger partial charge < -0.3 is 19.9 Å². The highest BCUT2D eigenvalue weighted by atomic mass is 16.6. The molecule has 0 aromatic carbocycles. The second-order valence-corrected chi connectivity index (χ2v) is 3.74. The number of aromatic carboxylic acids is 1. The summed E-state index contributed by atoms with van der Waals surface area (Å²) < 4.78 is 10.1. The third kappa shape index (κ3) is 3.44. The Morgan fingerprint density at radius 2 is 2.21 bits per heavy atom. The van der Waals surface area contributed by atoms with Gasteiger partial charge in [0.05, 0.1) is 0 Å². The molecule has 0 saturated heterocycles. The van der Waals surface area contributed by atoms with Crippen molar-refractivity contribution in [2.45, 2.75) is 6.54 Å². The number of carboxylic acids is 1. The van der Waals surface area contributed by atoms with Gasteiger partial charge in [0.2, 0.25) is 5.76 Å². The summed E-state index contributed by atoms with van der Waals surface area (Å²) >= 11 is 0. The maximum atomic E-state index is 11.6. The van der Waals surface area contributed by atoms with Gasteiger partial charge in [0, 0.05) is 12.7 Å². The van der Waals surface area contributed by atoms with Crippen molar-refractivity contribution in [1.29, 1.82) is 0 Å². The minimum atomic E-state index is -1.09. The average molecular weight is 264 g/mol. The molecule has 0 aliphatic carbocycles. The Bertz CT molecular complexity index is 509. The monoisotopic (exact) mass is 264 g/mol. The van der Waals surface area contributed by atoms with E-state index in [1.807, 2.05) is 0 Å². The lowest BCUT2D eigenvalue weighted by atomic mass is 10.2. The van der Waals surface area contributed by atoms with Gasteiger partial charge in [-0.05, 0) is 11.6 Å². The van der Waals surface area contributed by atoms with Gasteiger partial charge >= 0.3 is 5.97 Å². The normalized spacial score (nSPS) is 13.8. The van der Waals surface area contributed by atoms with Crippen molar-refractivity contribution in [2.24, 2.45) is 0 Å². The van der Waals surface area contributed by atoms with E-state index in [0.717, 1.165) is 0 Å². The number of nitrogens with zero attached hydrogens (tertiary/aromatic N) is 1. The first kappa shape index (κ1) is 12.9. The summed E-state index contributed by atoms with van der Waals surface area (Å²) in [5, 5.41) is 11.3. The minimum Gasteiger partial charge on any atom is -0.494 e. The number of nitrogens with one attached hydrogen (secondary N) is 1. The molecule has 1 amide bonds. The zero-order valence-electron chi connectivity index (χ0n) is 9.96. The van der Waals surface area contributed by atoms with Crippen LogP contribution >= 0.6 is 0 Å². The molecule has 0 saturated carbocycles. The molecule has 0 unspecified atom stereocenters. The molecule has 100 valence electrons. The Hall–Kier alpha value is -2.57. The van der Waals surface area contributed by atoms with E-state index in [1.54, 1.807) is 6.07 Å². The van der Waals surface area contributed by atoms with Crippen molar-refractivity contribution in [2.75, 3.05) is 13.2 Å². The van der Waals surface area contributed by atoms with Crippen LogP contribution in [0.4, 0.5) is 0 Å². The maximum Gasteiger partial charge on any atom is 0.354 e. The molecule has 1 aliphatic heterocycles. The zero-order chi connectivity index (χ0) is 13.7. The molecule has 1 aromatic heterocycles. The molecule has 0 spiro atoms. The molecule has 7 nitrogen and oxygen atoms in total. The Morgan fingerprint density at radius 1 is 1.37 bits per heavy atom. The number of hydrogen-bond donors (Lipinski definition) is 2. The summed E-state index contributed by atoms with van der Waals surface area (Å²) in [6, 6.07) is 2.96. The van der Waals surface area contributed by atoms with E-state index < -0.39 is 5.97 Å². The number of pyridine rings is 1. The number of hydrogen-bond acceptors (Lipinski definition) is 5. The summed E-state index contributed by atoms with van der Waals surface area (Å²) in [7, 11) is 0. The van der Waals surface area contributed by atoms with Gasteiger partial charge in [-0.3, -0.25) is 4.79 Å². The van der Waals surface area contributed by atoms with E-state index in [-0.39, 0.29) is 23.9 Å². The topological polar surface area (TPSA) is 97.8 Å². The Balaban J connectivity index is 1.89. The highest BCUT2D eigenvalue weighted by Crippen LogP contribution is 2.05. The van der Waals surface area contributed by atoms with Crippen molar-refractivity contribution >= 4 is 11.9 Å². The van der Waals surface area contributed by atoms with Gasteiger partial charge in [0.1, 0.15) is 25.2 Å².